The number of pyridine rings is 1. The van der Waals surface area contributed by atoms with Gasteiger partial charge in [0.15, 0.2) is 0 Å². The number of thioether (sulfide) groups is 1. The molecule has 1 aromatic heterocycles. The third-order valence-corrected chi connectivity index (χ3v) is 2.66. The molecule has 0 aliphatic heterocycles. The highest BCUT2D eigenvalue weighted by molar-refractivity contribution is 7.98. The van der Waals surface area contributed by atoms with E-state index in [9.17, 15) is 0 Å². The Hall–Kier alpha value is -1.02. The van der Waals surface area contributed by atoms with Gasteiger partial charge in [0.2, 0.25) is 0 Å². The monoisotopic (exact) mass is 175 g/mol. The molecule has 1 nitrogen and oxygen atoms in total. The van der Waals surface area contributed by atoms with Crippen LogP contribution < -0.4 is 0 Å². The lowest BCUT2D eigenvalue weighted by Gasteiger charge is -2.01. The number of hydrogen-bond donors (Lipinski definition) is 0. The topological polar surface area (TPSA) is 12.9 Å². The van der Waals surface area contributed by atoms with Crippen LogP contribution in [0.15, 0.2) is 41.6 Å². The maximum Gasteiger partial charge on any atom is 0.0346 e. The van der Waals surface area contributed by atoms with Crippen LogP contribution in [0.5, 0.6) is 0 Å². The van der Waals surface area contributed by atoms with Gasteiger partial charge in [-0.05, 0) is 23.8 Å². The van der Waals surface area contributed by atoms with E-state index in [0.717, 1.165) is 0 Å². The first-order chi connectivity index (χ1) is 5.92. The molecule has 0 aliphatic carbocycles. The van der Waals surface area contributed by atoms with E-state index in [4.69, 9.17) is 0 Å². The van der Waals surface area contributed by atoms with Gasteiger partial charge in [0.25, 0.3) is 0 Å². The minimum absolute atomic E-state index is 1.21. The maximum atomic E-state index is 4.08. The fourth-order valence-electron chi connectivity index (χ4n) is 1.27. The lowest BCUT2D eigenvalue weighted by Crippen LogP contribution is -1.77. The standard InChI is InChI=1S/C10H9NS/c1-12-10-4-2-3-8-7-11-6-5-9(8)10/h2-7H,1H3. The summed E-state index contributed by atoms with van der Waals surface area (Å²) in [5, 5.41) is 2.50. The molecule has 12 heavy (non-hydrogen) atoms. The summed E-state index contributed by atoms with van der Waals surface area (Å²) in [5.41, 5.74) is 0. The van der Waals surface area contributed by atoms with E-state index in [1.165, 1.54) is 15.7 Å². The van der Waals surface area contributed by atoms with Crippen LogP contribution in [0.4, 0.5) is 0 Å². The summed E-state index contributed by atoms with van der Waals surface area (Å²) in [6, 6.07) is 8.34. The summed E-state index contributed by atoms with van der Waals surface area (Å²) in [6.07, 6.45) is 5.83. The number of nitrogens with zero attached hydrogens (tertiary/aromatic N) is 1. The molecule has 2 heteroatoms. The highest BCUT2D eigenvalue weighted by atomic mass is 32.2. The van der Waals surface area contributed by atoms with Crippen LogP contribution in [0.25, 0.3) is 10.8 Å². The van der Waals surface area contributed by atoms with Crippen molar-refractivity contribution in [3.63, 3.8) is 0 Å². The summed E-state index contributed by atoms with van der Waals surface area (Å²) in [7, 11) is 0. The zero-order valence-corrected chi connectivity index (χ0v) is 7.64. The summed E-state index contributed by atoms with van der Waals surface area (Å²) in [6.45, 7) is 0. The average molecular weight is 175 g/mol. The molecule has 60 valence electrons. The molecule has 1 aromatic carbocycles. The predicted molar refractivity (Wildman–Crippen MR) is 53.5 cm³/mol. The molecule has 0 aliphatic rings. The zero-order chi connectivity index (χ0) is 8.39. The molecule has 0 saturated carbocycles. The first-order valence-electron chi connectivity index (χ1n) is 3.78. The maximum absolute atomic E-state index is 4.08. The molecule has 2 aromatic rings. The minimum Gasteiger partial charge on any atom is -0.264 e. The molecular formula is C10H9NS. The molecule has 0 bridgehead atoms. The van der Waals surface area contributed by atoms with Gasteiger partial charge in [-0.25, -0.2) is 0 Å². The van der Waals surface area contributed by atoms with E-state index in [-0.39, 0.29) is 0 Å². The van der Waals surface area contributed by atoms with E-state index in [2.05, 4.69) is 35.5 Å². The van der Waals surface area contributed by atoms with Gasteiger partial charge < -0.3 is 0 Å². The normalized spacial score (nSPS) is 10.4. The number of rotatable bonds is 1. The van der Waals surface area contributed by atoms with Gasteiger partial charge >= 0.3 is 0 Å². The average Bonchev–Trinajstić information content (AvgIpc) is 2.17. The van der Waals surface area contributed by atoms with Crippen LogP contribution in [0, 0.1) is 0 Å². The van der Waals surface area contributed by atoms with Crippen molar-refractivity contribution in [1.29, 1.82) is 0 Å². The SMILES string of the molecule is CSc1cccc2cnccc12. The van der Waals surface area contributed by atoms with Gasteiger partial charge in [-0.1, -0.05) is 12.1 Å². The molecule has 0 saturated heterocycles. The van der Waals surface area contributed by atoms with Crippen LogP contribution in [-0.2, 0) is 0 Å². The molecule has 0 fully saturated rings. The van der Waals surface area contributed by atoms with Crippen molar-refractivity contribution in [2.24, 2.45) is 0 Å². The van der Waals surface area contributed by atoms with Crippen molar-refractivity contribution in [1.82, 2.24) is 4.98 Å². The first kappa shape index (κ1) is 7.62. The summed E-state index contributed by atoms with van der Waals surface area (Å²) in [4.78, 5) is 5.39. The highest BCUT2D eigenvalue weighted by Gasteiger charge is 1.96. The van der Waals surface area contributed by atoms with Crippen molar-refractivity contribution in [3.05, 3.63) is 36.7 Å². The van der Waals surface area contributed by atoms with Crippen LogP contribution in [0.3, 0.4) is 0 Å². The third kappa shape index (κ3) is 1.18. The lowest BCUT2D eigenvalue weighted by molar-refractivity contribution is 1.35. The number of benzene rings is 1. The largest absolute Gasteiger partial charge is 0.264 e. The highest BCUT2D eigenvalue weighted by Crippen LogP contribution is 2.24. The Bertz CT molecular complexity index is 392. The summed E-state index contributed by atoms with van der Waals surface area (Å²) in [5.74, 6) is 0. The Labute approximate surface area is 75.8 Å². The molecule has 0 spiro atoms. The van der Waals surface area contributed by atoms with Crippen LogP contribution in [-0.4, -0.2) is 11.2 Å². The van der Waals surface area contributed by atoms with Crippen molar-refractivity contribution in [2.45, 2.75) is 4.90 Å². The number of fused-ring (bicyclic) bond motifs is 1. The lowest BCUT2D eigenvalue weighted by atomic mass is 10.2. The van der Waals surface area contributed by atoms with Gasteiger partial charge in [-0.15, -0.1) is 11.8 Å². The molecule has 2 rings (SSSR count). The Morgan fingerprint density at radius 1 is 1.25 bits per heavy atom. The van der Waals surface area contributed by atoms with Crippen molar-refractivity contribution in [3.8, 4) is 0 Å². The molecule has 0 unspecified atom stereocenters. The first-order valence-corrected chi connectivity index (χ1v) is 5.01. The van der Waals surface area contributed by atoms with Crippen molar-refractivity contribution >= 4 is 22.5 Å². The predicted octanol–water partition coefficient (Wildman–Crippen LogP) is 2.96. The Balaban J connectivity index is 2.79. The third-order valence-electron chi connectivity index (χ3n) is 1.86. The second-order valence-electron chi connectivity index (χ2n) is 2.56. The summed E-state index contributed by atoms with van der Waals surface area (Å²) >= 11 is 1.77. The quantitative estimate of drug-likeness (QED) is 0.618. The fraction of sp³-hybridized carbons (Fsp3) is 0.100. The summed E-state index contributed by atoms with van der Waals surface area (Å²) < 4.78 is 0. The van der Waals surface area contributed by atoms with Gasteiger partial charge in [0.05, 0.1) is 0 Å². The van der Waals surface area contributed by atoms with E-state index < -0.39 is 0 Å². The smallest absolute Gasteiger partial charge is 0.0346 e. The van der Waals surface area contributed by atoms with Crippen LogP contribution in [0.2, 0.25) is 0 Å². The van der Waals surface area contributed by atoms with Gasteiger partial charge in [0, 0.05) is 22.7 Å². The minimum atomic E-state index is 1.21. The molecule has 0 N–H and O–H groups in total. The van der Waals surface area contributed by atoms with Crippen LogP contribution in [0.1, 0.15) is 0 Å². The Morgan fingerprint density at radius 3 is 3.00 bits per heavy atom. The molecule has 0 atom stereocenters. The number of hydrogen-bond acceptors (Lipinski definition) is 2. The Morgan fingerprint density at radius 2 is 2.17 bits per heavy atom. The molecule has 0 radical (unpaired) electrons. The van der Waals surface area contributed by atoms with Gasteiger partial charge in [-0.2, -0.15) is 0 Å². The van der Waals surface area contributed by atoms with Gasteiger partial charge in [-0.3, -0.25) is 4.98 Å². The van der Waals surface area contributed by atoms with E-state index in [1.807, 2.05) is 12.4 Å². The molecule has 0 amide bonds. The van der Waals surface area contributed by atoms with E-state index in [0.29, 0.717) is 0 Å². The Kier molecular flexibility index (Phi) is 2.00. The number of aromatic nitrogens is 1. The fourth-order valence-corrected chi connectivity index (χ4v) is 1.89. The van der Waals surface area contributed by atoms with Crippen molar-refractivity contribution in [2.75, 3.05) is 6.26 Å². The van der Waals surface area contributed by atoms with Crippen molar-refractivity contribution < 1.29 is 0 Å². The van der Waals surface area contributed by atoms with E-state index >= 15 is 0 Å². The molecular weight excluding hydrogens is 166 g/mol. The second kappa shape index (κ2) is 3.15. The molecule has 1 heterocycles. The van der Waals surface area contributed by atoms with E-state index in [1.54, 1.807) is 11.8 Å². The zero-order valence-electron chi connectivity index (χ0n) is 6.82. The van der Waals surface area contributed by atoms with Gasteiger partial charge in [0.1, 0.15) is 0 Å². The van der Waals surface area contributed by atoms with Crippen LogP contribution >= 0.6 is 11.8 Å². The second-order valence-corrected chi connectivity index (χ2v) is 3.41.